The summed E-state index contributed by atoms with van der Waals surface area (Å²) in [5.74, 6) is 0.592. The summed E-state index contributed by atoms with van der Waals surface area (Å²) in [7, 11) is 1.65. The van der Waals surface area contributed by atoms with Crippen molar-refractivity contribution in [2.24, 2.45) is 0 Å². The van der Waals surface area contributed by atoms with Gasteiger partial charge in [0.05, 0.1) is 10.7 Å². The van der Waals surface area contributed by atoms with Crippen molar-refractivity contribution in [2.45, 2.75) is 13.8 Å². The smallest absolute Gasteiger partial charge is 0.326 e. The predicted molar refractivity (Wildman–Crippen MR) is 74.9 cm³/mol. The van der Waals surface area contributed by atoms with Gasteiger partial charge in [-0.05, 0) is 26.0 Å². The molecule has 0 aliphatic carbocycles. The van der Waals surface area contributed by atoms with Gasteiger partial charge in [0, 0.05) is 7.05 Å². The molecule has 0 fully saturated rings. The molecule has 2 rings (SSSR count). The Labute approximate surface area is 116 Å². The fourth-order valence-corrected chi connectivity index (χ4v) is 2.00. The lowest BCUT2D eigenvalue weighted by Gasteiger charge is -2.17. The minimum atomic E-state index is -0.303. The summed E-state index contributed by atoms with van der Waals surface area (Å²) in [4.78, 5) is 13.6. The fraction of sp³-hybridized carbons (Fsp3) is 0.231. The standard InChI is InChI=1S/C13H14ClN3O2/c1-8-12(9(2)19-16-8)17(3)13(18)15-11-7-5-4-6-10(11)14/h4-7H,1-3H3,(H,15,18). The van der Waals surface area contributed by atoms with E-state index in [4.69, 9.17) is 16.1 Å². The van der Waals surface area contributed by atoms with E-state index in [1.165, 1.54) is 4.90 Å². The van der Waals surface area contributed by atoms with Gasteiger partial charge >= 0.3 is 6.03 Å². The van der Waals surface area contributed by atoms with E-state index in [0.29, 0.717) is 27.9 Å². The van der Waals surface area contributed by atoms with Gasteiger partial charge in [0.25, 0.3) is 0 Å². The summed E-state index contributed by atoms with van der Waals surface area (Å²) in [5, 5.41) is 7.05. The number of nitrogens with one attached hydrogen (secondary N) is 1. The van der Waals surface area contributed by atoms with Crippen LogP contribution in [0.25, 0.3) is 0 Å². The molecule has 0 atom stereocenters. The average molecular weight is 280 g/mol. The van der Waals surface area contributed by atoms with Crippen LogP contribution in [0.5, 0.6) is 0 Å². The molecule has 0 aliphatic heterocycles. The molecule has 0 saturated carbocycles. The zero-order valence-corrected chi connectivity index (χ0v) is 11.7. The molecule has 1 heterocycles. The number of rotatable bonds is 2. The highest BCUT2D eigenvalue weighted by molar-refractivity contribution is 6.33. The summed E-state index contributed by atoms with van der Waals surface area (Å²) >= 11 is 6.00. The van der Waals surface area contributed by atoms with Crippen LogP contribution >= 0.6 is 11.6 Å². The molecule has 0 spiro atoms. The zero-order chi connectivity index (χ0) is 14.0. The number of nitrogens with zero attached hydrogens (tertiary/aromatic N) is 2. The first-order valence-electron chi connectivity index (χ1n) is 5.73. The van der Waals surface area contributed by atoms with Gasteiger partial charge in [0.2, 0.25) is 0 Å². The first-order chi connectivity index (χ1) is 9.00. The Bertz CT molecular complexity index is 590. The molecule has 0 aliphatic rings. The number of amides is 2. The number of carbonyl (C=O) groups excluding carboxylic acids is 1. The molecule has 6 heteroatoms. The summed E-state index contributed by atoms with van der Waals surface area (Å²) in [6, 6.07) is 6.75. The molecule has 0 saturated heterocycles. The van der Waals surface area contributed by atoms with Gasteiger partial charge < -0.3 is 9.84 Å². The quantitative estimate of drug-likeness (QED) is 0.913. The second kappa shape index (κ2) is 5.32. The first-order valence-corrected chi connectivity index (χ1v) is 6.10. The third-order valence-corrected chi connectivity index (χ3v) is 3.08. The molecule has 1 N–H and O–H groups in total. The van der Waals surface area contributed by atoms with Crippen LogP contribution in [-0.2, 0) is 0 Å². The predicted octanol–water partition coefficient (Wildman–Crippen LogP) is 3.61. The molecule has 1 aromatic carbocycles. The minimum absolute atomic E-state index is 0.303. The van der Waals surface area contributed by atoms with E-state index in [9.17, 15) is 4.79 Å². The third-order valence-electron chi connectivity index (χ3n) is 2.75. The molecule has 0 radical (unpaired) electrons. The molecule has 2 aromatic rings. The van der Waals surface area contributed by atoms with Crippen LogP contribution in [0, 0.1) is 13.8 Å². The van der Waals surface area contributed by atoms with Crippen molar-refractivity contribution >= 4 is 29.0 Å². The van der Waals surface area contributed by atoms with E-state index >= 15 is 0 Å². The zero-order valence-electron chi connectivity index (χ0n) is 10.9. The molecule has 1 aromatic heterocycles. The number of aromatic nitrogens is 1. The van der Waals surface area contributed by atoms with Crippen molar-refractivity contribution < 1.29 is 9.32 Å². The Morgan fingerprint density at radius 3 is 2.63 bits per heavy atom. The van der Waals surface area contributed by atoms with Crippen LogP contribution in [0.1, 0.15) is 11.5 Å². The van der Waals surface area contributed by atoms with E-state index in [1.807, 2.05) is 0 Å². The first kappa shape index (κ1) is 13.4. The van der Waals surface area contributed by atoms with Crippen molar-refractivity contribution in [1.82, 2.24) is 5.16 Å². The normalized spacial score (nSPS) is 10.3. The van der Waals surface area contributed by atoms with Crippen molar-refractivity contribution in [1.29, 1.82) is 0 Å². The molecule has 19 heavy (non-hydrogen) atoms. The van der Waals surface area contributed by atoms with Gasteiger partial charge in [-0.25, -0.2) is 4.79 Å². The van der Waals surface area contributed by atoms with E-state index < -0.39 is 0 Å². The molecular formula is C13H14ClN3O2. The molecule has 2 amide bonds. The number of urea groups is 1. The average Bonchev–Trinajstić information content (AvgIpc) is 2.71. The van der Waals surface area contributed by atoms with Gasteiger partial charge in [-0.1, -0.05) is 28.9 Å². The third kappa shape index (κ3) is 2.71. The van der Waals surface area contributed by atoms with Crippen LogP contribution in [0.4, 0.5) is 16.2 Å². The van der Waals surface area contributed by atoms with Crippen LogP contribution in [0.15, 0.2) is 28.8 Å². The summed E-state index contributed by atoms with van der Waals surface area (Å²) in [5.41, 5.74) is 1.88. The lowest BCUT2D eigenvalue weighted by molar-refractivity contribution is 0.258. The highest BCUT2D eigenvalue weighted by Crippen LogP contribution is 2.25. The van der Waals surface area contributed by atoms with E-state index in [2.05, 4.69) is 10.5 Å². The van der Waals surface area contributed by atoms with E-state index in [-0.39, 0.29) is 6.03 Å². The fourth-order valence-electron chi connectivity index (χ4n) is 1.82. The minimum Gasteiger partial charge on any atom is -0.359 e. The maximum atomic E-state index is 12.2. The van der Waals surface area contributed by atoms with Gasteiger partial charge in [0.1, 0.15) is 11.4 Å². The number of benzene rings is 1. The number of para-hydroxylation sites is 1. The molecular weight excluding hydrogens is 266 g/mol. The maximum absolute atomic E-state index is 12.2. The monoisotopic (exact) mass is 279 g/mol. The van der Waals surface area contributed by atoms with Crippen LogP contribution < -0.4 is 10.2 Å². The maximum Gasteiger partial charge on any atom is 0.326 e. The van der Waals surface area contributed by atoms with Crippen molar-refractivity contribution in [3.05, 3.63) is 40.7 Å². The van der Waals surface area contributed by atoms with Crippen molar-refractivity contribution in [2.75, 3.05) is 17.3 Å². The van der Waals surface area contributed by atoms with Crippen LogP contribution in [0.2, 0.25) is 5.02 Å². The van der Waals surface area contributed by atoms with Gasteiger partial charge in [-0.15, -0.1) is 0 Å². The van der Waals surface area contributed by atoms with Crippen molar-refractivity contribution in [3.8, 4) is 0 Å². The number of anilines is 2. The van der Waals surface area contributed by atoms with Gasteiger partial charge in [-0.2, -0.15) is 0 Å². The molecule has 5 nitrogen and oxygen atoms in total. The summed E-state index contributed by atoms with van der Waals surface area (Å²) < 4.78 is 5.04. The number of carbonyl (C=O) groups is 1. The lowest BCUT2D eigenvalue weighted by atomic mass is 10.3. The molecule has 100 valence electrons. The Balaban J connectivity index is 2.19. The Morgan fingerprint density at radius 1 is 1.37 bits per heavy atom. The Morgan fingerprint density at radius 2 is 2.05 bits per heavy atom. The summed E-state index contributed by atoms with van der Waals surface area (Å²) in [6.07, 6.45) is 0. The highest BCUT2D eigenvalue weighted by Gasteiger charge is 2.19. The number of hydrogen-bond donors (Lipinski definition) is 1. The van der Waals surface area contributed by atoms with Gasteiger partial charge in [-0.3, -0.25) is 4.90 Å². The second-order valence-electron chi connectivity index (χ2n) is 4.14. The van der Waals surface area contributed by atoms with Crippen LogP contribution in [-0.4, -0.2) is 18.2 Å². The summed E-state index contributed by atoms with van der Waals surface area (Å²) in [6.45, 7) is 3.54. The largest absolute Gasteiger partial charge is 0.359 e. The van der Waals surface area contributed by atoms with Crippen molar-refractivity contribution in [3.63, 3.8) is 0 Å². The van der Waals surface area contributed by atoms with E-state index in [0.717, 1.165) is 0 Å². The lowest BCUT2D eigenvalue weighted by Crippen LogP contribution is -2.31. The van der Waals surface area contributed by atoms with Gasteiger partial charge in [0.15, 0.2) is 5.76 Å². The Hall–Kier alpha value is -2.01. The molecule has 0 unspecified atom stereocenters. The van der Waals surface area contributed by atoms with Crippen LogP contribution in [0.3, 0.4) is 0 Å². The number of hydrogen-bond acceptors (Lipinski definition) is 3. The highest BCUT2D eigenvalue weighted by atomic mass is 35.5. The second-order valence-corrected chi connectivity index (χ2v) is 4.55. The number of aryl methyl sites for hydroxylation is 2. The molecule has 0 bridgehead atoms. The topological polar surface area (TPSA) is 58.4 Å². The Kier molecular flexibility index (Phi) is 3.76. The number of halogens is 1. The SMILES string of the molecule is Cc1noc(C)c1N(C)C(=O)Nc1ccccc1Cl. The van der Waals surface area contributed by atoms with E-state index in [1.54, 1.807) is 45.2 Å².